The van der Waals surface area contributed by atoms with Crippen molar-refractivity contribution in [3.63, 3.8) is 0 Å². The highest BCUT2D eigenvalue weighted by atomic mass is 35.5. The summed E-state index contributed by atoms with van der Waals surface area (Å²) in [6, 6.07) is 5.34. The molecule has 0 aliphatic heterocycles. The van der Waals surface area contributed by atoms with Crippen LogP contribution in [0.5, 0.6) is 0 Å². The summed E-state index contributed by atoms with van der Waals surface area (Å²) in [6.07, 6.45) is 0. The SMILES string of the molecule is CC(C)(N)c1ccc(Cl)cc1Cl.Cl. The van der Waals surface area contributed by atoms with Crippen LogP contribution in [0.25, 0.3) is 0 Å². The van der Waals surface area contributed by atoms with Crippen LogP contribution in [0.2, 0.25) is 10.0 Å². The van der Waals surface area contributed by atoms with Crippen LogP contribution in [-0.4, -0.2) is 0 Å². The molecule has 0 fully saturated rings. The van der Waals surface area contributed by atoms with E-state index in [0.717, 1.165) is 5.56 Å². The van der Waals surface area contributed by atoms with E-state index >= 15 is 0 Å². The van der Waals surface area contributed by atoms with Crippen molar-refractivity contribution in [2.75, 3.05) is 0 Å². The fraction of sp³-hybridized carbons (Fsp3) is 0.333. The highest BCUT2D eigenvalue weighted by Gasteiger charge is 2.17. The number of halogens is 3. The van der Waals surface area contributed by atoms with Crippen LogP contribution in [0.4, 0.5) is 0 Å². The van der Waals surface area contributed by atoms with Gasteiger partial charge in [-0.25, -0.2) is 0 Å². The maximum Gasteiger partial charge on any atom is 0.0471 e. The fourth-order valence-corrected chi connectivity index (χ4v) is 1.66. The summed E-state index contributed by atoms with van der Waals surface area (Å²) in [6.45, 7) is 3.81. The van der Waals surface area contributed by atoms with Crippen LogP contribution >= 0.6 is 35.6 Å². The van der Waals surface area contributed by atoms with Crippen molar-refractivity contribution in [1.29, 1.82) is 0 Å². The molecule has 74 valence electrons. The van der Waals surface area contributed by atoms with Crippen LogP contribution < -0.4 is 5.73 Å². The van der Waals surface area contributed by atoms with Crippen molar-refractivity contribution in [2.24, 2.45) is 5.73 Å². The maximum absolute atomic E-state index is 5.95. The van der Waals surface area contributed by atoms with E-state index in [1.807, 2.05) is 19.9 Å². The molecule has 0 unspecified atom stereocenters. The Morgan fingerprint density at radius 3 is 2.15 bits per heavy atom. The minimum Gasteiger partial charge on any atom is -0.322 e. The Hall–Kier alpha value is 0.0500. The van der Waals surface area contributed by atoms with Gasteiger partial charge in [-0.05, 0) is 31.5 Å². The lowest BCUT2D eigenvalue weighted by Crippen LogP contribution is -2.28. The first-order valence-corrected chi connectivity index (χ1v) is 4.41. The van der Waals surface area contributed by atoms with E-state index in [9.17, 15) is 0 Å². The molecule has 0 amide bonds. The molecule has 0 atom stereocenters. The molecular weight excluding hydrogens is 228 g/mol. The van der Waals surface area contributed by atoms with E-state index in [0.29, 0.717) is 10.0 Å². The average Bonchev–Trinajstić information content (AvgIpc) is 1.83. The zero-order chi connectivity index (χ0) is 9.35. The standard InChI is InChI=1S/C9H11Cl2N.ClH/c1-9(2,12)7-4-3-6(10)5-8(7)11;/h3-5H,12H2,1-2H3;1H. The number of rotatable bonds is 1. The first-order chi connectivity index (χ1) is 5.41. The smallest absolute Gasteiger partial charge is 0.0471 e. The van der Waals surface area contributed by atoms with Gasteiger partial charge in [0.25, 0.3) is 0 Å². The second-order valence-electron chi connectivity index (χ2n) is 3.35. The highest BCUT2D eigenvalue weighted by Crippen LogP contribution is 2.27. The Balaban J connectivity index is 0.00000144. The number of nitrogens with two attached hydrogens (primary N) is 1. The second kappa shape index (κ2) is 4.52. The molecule has 1 aromatic rings. The van der Waals surface area contributed by atoms with Gasteiger partial charge in [0.15, 0.2) is 0 Å². The average molecular weight is 241 g/mol. The molecule has 2 N–H and O–H groups in total. The normalized spacial score (nSPS) is 10.8. The zero-order valence-electron chi connectivity index (χ0n) is 7.47. The van der Waals surface area contributed by atoms with Crippen LogP contribution in [0, 0.1) is 0 Å². The maximum atomic E-state index is 5.95. The molecule has 0 saturated heterocycles. The topological polar surface area (TPSA) is 26.0 Å². The number of hydrogen-bond acceptors (Lipinski definition) is 1. The monoisotopic (exact) mass is 239 g/mol. The summed E-state index contributed by atoms with van der Waals surface area (Å²) in [5.74, 6) is 0. The third-order valence-electron chi connectivity index (χ3n) is 1.63. The molecule has 4 heteroatoms. The Labute approximate surface area is 94.6 Å². The fourth-order valence-electron chi connectivity index (χ4n) is 1.01. The van der Waals surface area contributed by atoms with Crippen molar-refractivity contribution in [1.82, 2.24) is 0 Å². The lowest BCUT2D eigenvalue weighted by molar-refractivity contribution is 0.555. The van der Waals surface area contributed by atoms with Gasteiger partial charge in [0, 0.05) is 15.6 Å². The highest BCUT2D eigenvalue weighted by molar-refractivity contribution is 6.35. The third kappa shape index (κ3) is 3.35. The molecule has 0 aliphatic carbocycles. The van der Waals surface area contributed by atoms with Crippen LogP contribution in [0.1, 0.15) is 19.4 Å². The Bertz CT molecular complexity index is 291. The minimum absolute atomic E-state index is 0. The molecular formula is C9H12Cl3N. The molecule has 0 bridgehead atoms. The molecule has 0 aromatic heterocycles. The third-order valence-corrected chi connectivity index (χ3v) is 2.17. The largest absolute Gasteiger partial charge is 0.322 e. The second-order valence-corrected chi connectivity index (χ2v) is 4.19. The van der Waals surface area contributed by atoms with Crippen molar-refractivity contribution in [3.8, 4) is 0 Å². The molecule has 1 aromatic carbocycles. The lowest BCUT2D eigenvalue weighted by atomic mass is 9.96. The van der Waals surface area contributed by atoms with Crippen LogP contribution in [0.3, 0.4) is 0 Å². The Morgan fingerprint density at radius 2 is 1.77 bits per heavy atom. The van der Waals surface area contributed by atoms with Gasteiger partial charge in [-0.3, -0.25) is 0 Å². The molecule has 13 heavy (non-hydrogen) atoms. The lowest BCUT2D eigenvalue weighted by Gasteiger charge is -2.20. The first-order valence-electron chi connectivity index (χ1n) is 3.65. The molecule has 1 rings (SSSR count). The van der Waals surface area contributed by atoms with Gasteiger partial charge < -0.3 is 5.73 Å². The van der Waals surface area contributed by atoms with Gasteiger partial charge in [0.05, 0.1) is 0 Å². The summed E-state index contributed by atoms with van der Waals surface area (Å²) in [4.78, 5) is 0. The van der Waals surface area contributed by atoms with Gasteiger partial charge in [-0.1, -0.05) is 29.3 Å². The van der Waals surface area contributed by atoms with Gasteiger partial charge >= 0.3 is 0 Å². The van der Waals surface area contributed by atoms with Gasteiger partial charge in [-0.2, -0.15) is 0 Å². The summed E-state index contributed by atoms with van der Waals surface area (Å²) >= 11 is 11.7. The zero-order valence-corrected chi connectivity index (χ0v) is 9.80. The predicted octanol–water partition coefficient (Wildman–Crippen LogP) is 3.61. The van der Waals surface area contributed by atoms with E-state index in [4.69, 9.17) is 28.9 Å². The summed E-state index contributed by atoms with van der Waals surface area (Å²) in [7, 11) is 0. The number of benzene rings is 1. The van der Waals surface area contributed by atoms with Crippen molar-refractivity contribution < 1.29 is 0 Å². The molecule has 0 heterocycles. The van der Waals surface area contributed by atoms with Gasteiger partial charge in [0.1, 0.15) is 0 Å². The predicted molar refractivity (Wildman–Crippen MR) is 60.9 cm³/mol. The Morgan fingerprint density at radius 1 is 1.23 bits per heavy atom. The molecule has 0 radical (unpaired) electrons. The summed E-state index contributed by atoms with van der Waals surface area (Å²) in [5.41, 5.74) is 6.38. The number of hydrogen-bond donors (Lipinski definition) is 1. The Kier molecular flexibility index (Phi) is 4.53. The molecule has 0 saturated carbocycles. The van der Waals surface area contributed by atoms with E-state index in [1.165, 1.54) is 0 Å². The van der Waals surface area contributed by atoms with E-state index in [1.54, 1.807) is 12.1 Å². The van der Waals surface area contributed by atoms with Crippen molar-refractivity contribution in [2.45, 2.75) is 19.4 Å². The van der Waals surface area contributed by atoms with Crippen LogP contribution in [0.15, 0.2) is 18.2 Å². The van der Waals surface area contributed by atoms with Crippen molar-refractivity contribution >= 4 is 35.6 Å². The van der Waals surface area contributed by atoms with E-state index in [2.05, 4.69) is 0 Å². The molecule has 0 aliphatic rings. The molecule has 1 nitrogen and oxygen atoms in total. The first kappa shape index (κ1) is 13.1. The van der Waals surface area contributed by atoms with Gasteiger partial charge in [-0.15, -0.1) is 12.4 Å². The summed E-state index contributed by atoms with van der Waals surface area (Å²) < 4.78 is 0. The molecule has 0 spiro atoms. The van der Waals surface area contributed by atoms with Crippen LogP contribution in [-0.2, 0) is 5.54 Å². The van der Waals surface area contributed by atoms with Crippen molar-refractivity contribution in [3.05, 3.63) is 33.8 Å². The quantitative estimate of drug-likeness (QED) is 0.797. The summed E-state index contributed by atoms with van der Waals surface area (Å²) in [5, 5.41) is 1.25. The van der Waals surface area contributed by atoms with Gasteiger partial charge in [0.2, 0.25) is 0 Å². The minimum atomic E-state index is -0.415. The van der Waals surface area contributed by atoms with E-state index in [-0.39, 0.29) is 12.4 Å². The van der Waals surface area contributed by atoms with E-state index < -0.39 is 5.54 Å².